The van der Waals surface area contributed by atoms with Gasteiger partial charge in [0.1, 0.15) is 0 Å². The van der Waals surface area contributed by atoms with Gasteiger partial charge in [-0.1, -0.05) is 20.4 Å². The highest BCUT2D eigenvalue weighted by molar-refractivity contribution is 5.74. The highest BCUT2D eigenvalue weighted by Gasteiger charge is 2.01. The van der Waals surface area contributed by atoms with Gasteiger partial charge in [-0.3, -0.25) is 4.79 Å². The fourth-order valence-electron chi connectivity index (χ4n) is 0.582. The van der Waals surface area contributed by atoms with E-state index in [4.69, 9.17) is 0 Å². The van der Waals surface area contributed by atoms with Crippen molar-refractivity contribution in [1.82, 2.24) is 5.32 Å². The van der Waals surface area contributed by atoms with Crippen molar-refractivity contribution in [2.75, 3.05) is 0 Å². The summed E-state index contributed by atoms with van der Waals surface area (Å²) in [5.74, 6) is 0.209. The standard InChI is InChI=1S/C8H13NO/c1-5-8(6(2)3)9-7(4)10/h6H,1H2,2-4H3,(H,9,10). The molecule has 0 saturated carbocycles. The van der Waals surface area contributed by atoms with E-state index in [0.717, 1.165) is 5.70 Å². The van der Waals surface area contributed by atoms with Gasteiger partial charge in [-0.25, -0.2) is 0 Å². The zero-order chi connectivity index (χ0) is 8.15. The van der Waals surface area contributed by atoms with E-state index in [1.54, 1.807) is 0 Å². The molecule has 1 amide bonds. The van der Waals surface area contributed by atoms with Gasteiger partial charge in [0.2, 0.25) is 5.91 Å². The molecule has 10 heavy (non-hydrogen) atoms. The number of hydrogen-bond acceptors (Lipinski definition) is 1. The van der Waals surface area contributed by atoms with E-state index < -0.39 is 0 Å². The Kier molecular flexibility index (Phi) is 3.52. The summed E-state index contributed by atoms with van der Waals surface area (Å²) < 4.78 is 0. The lowest BCUT2D eigenvalue weighted by Crippen LogP contribution is -2.21. The SMILES string of the molecule is C=C=C(NC(C)=O)C(C)C. The minimum atomic E-state index is -0.0696. The Bertz CT molecular complexity index is 176. The summed E-state index contributed by atoms with van der Waals surface area (Å²) >= 11 is 0. The molecule has 0 aliphatic heterocycles. The van der Waals surface area contributed by atoms with Crippen molar-refractivity contribution in [3.05, 3.63) is 18.0 Å². The molecule has 0 rings (SSSR count). The Morgan fingerprint density at radius 2 is 2.10 bits per heavy atom. The van der Waals surface area contributed by atoms with Crippen molar-refractivity contribution in [3.63, 3.8) is 0 Å². The molecule has 0 aromatic rings. The molecule has 0 spiro atoms. The molecule has 0 saturated heterocycles. The smallest absolute Gasteiger partial charge is 0.221 e. The van der Waals surface area contributed by atoms with Crippen LogP contribution in [-0.2, 0) is 4.79 Å². The molecule has 1 N–H and O–H groups in total. The molecule has 56 valence electrons. The van der Waals surface area contributed by atoms with Crippen molar-refractivity contribution in [2.45, 2.75) is 20.8 Å². The summed E-state index contributed by atoms with van der Waals surface area (Å²) in [6.45, 7) is 8.88. The van der Waals surface area contributed by atoms with Crippen molar-refractivity contribution >= 4 is 5.91 Å². The van der Waals surface area contributed by atoms with Gasteiger partial charge in [0.05, 0.1) is 5.70 Å². The lowest BCUT2D eigenvalue weighted by Gasteiger charge is -2.07. The van der Waals surface area contributed by atoms with Crippen LogP contribution in [0.2, 0.25) is 0 Å². The third kappa shape index (κ3) is 3.10. The van der Waals surface area contributed by atoms with Crippen LogP contribution in [0, 0.1) is 5.92 Å². The van der Waals surface area contributed by atoms with E-state index in [0.29, 0.717) is 0 Å². The molecule has 0 aromatic carbocycles. The van der Waals surface area contributed by atoms with Gasteiger partial charge in [0.25, 0.3) is 0 Å². The lowest BCUT2D eigenvalue weighted by atomic mass is 10.1. The maximum Gasteiger partial charge on any atom is 0.221 e. The van der Waals surface area contributed by atoms with Crippen LogP contribution >= 0.6 is 0 Å². The average Bonchev–Trinajstić information content (AvgIpc) is 1.81. The Morgan fingerprint density at radius 3 is 2.20 bits per heavy atom. The number of carbonyl (C=O) groups excluding carboxylic acids is 1. The van der Waals surface area contributed by atoms with Gasteiger partial charge in [-0.15, -0.1) is 5.73 Å². The molecular weight excluding hydrogens is 126 g/mol. The molecule has 0 fully saturated rings. The van der Waals surface area contributed by atoms with E-state index in [1.165, 1.54) is 6.92 Å². The number of allylic oxidation sites excluding steroid dienone is 1. The average molecular weight is 139 g/mol. The summed E-state index contributed by atoms with van der Waals surface area (Å²) in [7, 11) is 0. The van der Waals surface area contributed by atoms with Crippen LogP contribution in [0.15, 0.2) is 18.0 Å². The Balaban J connectivity index is 4.13. The minimum Gasteiger partial charge on any atom is -0.323 e. The van der Waals surface area contributed by atoms with Gasteiger partial charge in [-0.2, -0.15) is 0 Å². The van der Waals surface area contributed by atoms with Crippen LogP contribution in [0.3, 0.4) is 0 Å². The van der Waals surface area contributed by atoms with E-state index >= 15 is 0 Å². The number of nitrogens with one attached hydrogen (secondary N) is 1. The quantitative estimate of drug-likeness (QED) is 0.576. The van der Waals surface area contributed by atoms with Crippen LogP contribution in [0.4, 0.5) is 0 Å². The Hall–Kier alpha value is -1.01. The number of amides is 1. The molecule has 0 unspecified atom stereocenters. The number of rotatable bonds is 2. The van der Waals surface area contributed by atoms with Crippen LogP contribution in [0.1, 0.15) is 20.8 Å². The first-order chi connectivity index (χ1) is 4.57. The number of carbonyl (C=O) groups is 1. The van der Waals surface area contributed by atoms with Crippen LogP contribution in [0.5, 0.6) is 0 Å². The van der Waals surface area contributed by atoms with E-state index in [1.807, 2.05) is 13.8 Å². The van der Waals surface area contributed by atoms with Gasteiger partial charge in [0, 0.05) is 12.8 Å². The first-order valence-electron chi connectivity index (χ1n) is 3.25. The van der Waals surface area contributed by atoms with Crippen LogP contribution < -0.4 is 5.32 Å². The maximum absolute atomic E-state index is 10.5. The second kappa shape index (κ2) is 3.91. The molecule has 0 heterocycles. The molecule has 2 nitrogen and oxygen atoms in total. The largest absolute Gasteiger partial charge is 0.323 e. The van der Waals surface area contributed by atoms with Crippen LogP contribution in [-0.4, -0.2) is 5.91 Å². The van der Waals surface area contributed by atoms with Crippen molar-refractivity contribution in [3.8, 4) is 0 Å². The lowest BCUT2D eigenvalue weighted by molar-refractivity contribution is -0.118. The monoisotopic (exact) mass is 139 g/mol. The summed E-state index contributed by atoms with van der Waals surface area (Å²) in [5, 5.41) is 2.63. The van der Waals surface area contributed by atoms with Crippen LogP contribution in [0.25, 0.3) is 0 Å². The highest BCUT2D eigenvalue weighted by Crippen LogP contribution is 2.02. The van der Waals surface area contributed by atoms with Crippen molar-refractivity contribution in [1.29, 1.82) is 0 Å². The minimum absolute atomic E-state index is 0.0696. The first-order valence-corrected chi connectivity index (χ1v) is 3.25. The topological polar surface area (TPSA) is 29.1 Å². The second-order valence-corrected chi connectivity index (χ2v) is 2.43. The molecule has 0 atom stereocenters. The number of hydrogen-bond donors (Lipinski definition) is 1. The predicted octanol–water partition coefficient (Wildman–Crippen LogP) is 1.45. The molecule has 0 radical (unpaired) electrons. The molecule has 0 bridgehead atoms. The normalized spacial score (nSPS) is 8.80. The summed E-state index contributed by atoms with van der Waals surface area (Å²) in [5.41, 5.74) is 3.42. The third-order valence-corrected chi connectivity index (χ3v) is 1.08. The fourth-order valence-corrected chi connectivity index (χ4v) is 0.582. The van der Waals surface area contributed by atoms with Crippen molar-refractivity contribution < 1.29 is 4.79 Å². The maximum atomic E-state index is 10.5. The third-order valence-electron chi connectivity index (χ3n) is 1.08. The van der Waals surface area contributed by atoms with Gasteiger partial charge < -0.3 is 5.32 Å². The second-order valence-electron chi connectivity index (χ2n) is 2.43. The molecular formula is C8H13NO. The first kappa shape index (κ1) is 8.99. The molecule has 2 heteroatoms. The van der Waals surface area contributed by atoms with Gasteiger partial charge in [0.15, 0.2) is 0 Å². The molecule has 0 aromatic heterocycles. The van der Waals surface area contributed by atoms with E-state index in [9.17, 15) is 4.79 Å². The van der Waals surface area contributed by atoms with Gasteiger partial charge in [-0.05, 0) is 0 Å². The van der Waals surface area contributed by atoms with E-state index in [2.05, 4.69) is 17.6 Å². The molecule has 0 aliphatic carbocycles. The Morgan fingerprint density at radius 1 is 1.60 bits per heavy atom. The zero-order valence-corrected chi connectivity index (χ0v) is 6.69. The van der Waals surface area contributed by atoms with Gasteiger partial charge >= 0.3 is 0 Å². The summed E-state index contributed by atoms with van der Waals surface area (Å²) in [6, 6.07) is 0. The summed E-state index contributed by atoms with van der Waals surface area (Å²) in [4.78, 5) is 10.5. The zero-order valence-electron chi connectivity index (χ0n) is 6.69. The van der Waals surface area contributed by atoms with E-state index in [-0.39, 0.29) is 11.8 Å². The Labute approximate surface area is 61.6 Å². The summed E-state index contributed by atoms with van der Waals surface area (Å²) in [6.07, 6.45) is 0. The highest BCUT2D eigenvalue weighted by atomic mass is 16.1. The molecule has 0 aliphatic rings. The fraction of sp³-hybridized carbons (Fsp3) is 0.500. The van der Waals surface area contributed by atoms with Crippen molar-refractivity contribution in [2.24, 2.45) is 5.92 Å². The predicted molar refractivity (Wildman–Crippen MR) is 41.3 cm³/mol.